The van der Waals surface area contributed by atoms with E-state index in [1.807, 2.05) is 31.3 Å². The molecule has 3 aromatic rings. The van der Waals surface area contributed by atoms with Gasteiger partial charge in [-0.25, -0.2) is 0 Å². The van der Waals surface area contributed by atoms with Gasteiger partial charge in [0, 0.05) is 63.3 Å². The number of para-hydroxylation sites is 1. The molecule has 4 N–H and O–H groups in total. The van der Waals surface area contributed by atoms with Crippen LogP contribution in [0.5, 0.6) is 5.75 Å². The molecule has 1 aromatic carbocycles. The molecule has 2 atom stereocenters. The minimum absolute atomic E-state index is 0.204. The molecule has 37 heavy (non-hydrogen) atoms. The number of phenols is 1. The van der Waals surface area contributed by atoms with Gasteiger partial charge in [0.1, 0.15) is 5.75 Å². The van der Waals surface area contributed by atoms with Crippen molar-refractivity contribution >= 4 is 11.5 Å². The zero-order valence-corrected chi connectivity index (χ0v) is 22.4. The van der Waals surface area contributed by atoms with Crippen LogP contribution in [0.1, 0.15) is 37.9 Å². The minimum atomic E-state index is 0.204. The smallest absolute Gasteiger partial charge is 0.169 e. The first-order chi connectivity index (χ1) is 17.9. The number of hydrogen-bond acceptors (Lipinski definition) is 8. The second-order valence-corrected chi connectivity index (χ2v) is 10.5. The molecular weight excluding hydrogens is 462 g/mol. The number of nitrogens with one attached hydrogen (secondary N) is 1. The highest BCUT2D eigenvalue weighted by molar-refractivity contribution is 5.74. The molecule has 0 saturated carbocycles. The van der Waals surface area contributed by atoms with E-state index in [4.69, 9.17) is 5.73 Å². The molecule has 2 aliphatic heterocycles. The highest BCUT2D eigenvalue weighted by Crippen LogP contribution is 2.33. The predicted molar refractivity (Wildman–Crippen MR) is 150 cm³/mol. The Morgan fingerprint density at radius 1 is 1.00 bits per heavy atom. The van der Waals surface area contributed by atoms with E-state index in [9.17, 15) is 5.11 Å². The summed E-state index contributed by atoms with van der Waals surface area (Å²) in [7, 11) is 0. The molecular formula is C29H41N7O. The van der Waals surface area contributed by atoms with Crippen molar-refractivity contribution in [2.75, 3.05) is 49.9 Å². The zero-order chi connectivity index (χ0) is 26.2. The van der Waals surface area contributed by atoms with Crippen LogP contribution in [0.3, 0.4) is 0 Å². The van der Waals surface area contributed by atoms with Crippen LogP contribution in [0.2, 0.25) is 0 Å². The van der Waals surface area contributed by atoms with Crippen LogP contribution < -0.4 is 16.0 Å². The number of nitrogen functional groups attached to an aromatic ring is 1. The number of piperazine rings is 1. The Hall–Kier alpha value is -3.23. The zero-order valence-electron chi connectivity index (χ0n) is 22.4. The van der Waals surface area contributed by atoms with Gasteiger partial charge >= 0.3 is 0 Å². The van der Waals surface area contributed by atoms with E-state index in [-0.39, 0.29) is 5.75 Å². The predicted octanol–water partition coefficient (Wildman–Crippen LogP) is 4.10. The lowest BCUT2D eigenvalue weighted by Gasteiger charge is -2.27. The van der Waals surface area contributed by atoms with Crippen molar-refractivity contribution in [2.45, 2.75) is 40.2 Å². The molecule has 2 aromatic heterocycles. The average Bonchev–Trinajstić information content (AvgIpc) is 3.06. The van der Waals surface area contributed by atoms with Crippen molar-refractivity contribution < 1.29 is 5.11 Å². The summed E-state index contributed by atoms with van der Waals surface area (Å²) in [4.78, 5) is 8.99. The van der Waals surface area contributed by atoms with Gasteiger partial charge in [-0.15, -0.1) is 10.2 Å². The first kappa shape index (κ1) is 26.8. The standard InChI is InChI=1S/C18H24N4O.C11H17N3/c1-12-7-8-13(2)11-22(10-12)16-9-15(20-21-18(16)19)14-5-3-4-6-17(14)23;1-10-8-11(2-3-13-10)9-14-6-4-12-5-7-14/h3-6,9,12-13,23H,7-8,10-11H2,1-2H3,(H2,19,21);2-3,8,12H,4-7,9H2,1H3/t12-,13?;/m1./s1. The van der Waals surface area contributed by atoms with E-state index >= 15 is 0 Å². The van der Waals surface area contributed by atoms with E-state index in [0.717, 1.165) is 57.2 Å². The molecule has 1 unspecified atom stereocenters. The summed E-state index contributed by atoms with van der Waals surface area (Å²) in [5, 5.41) is 21.7. The van der Waals surface area contributed by atoms with Crippen molar-refractivity contribution in [3.63, 3.8) is 0 Å². The lowest BCUT2D eigenvalue weighted by Crippen LogP contribution is -2.42. The molecule has 2 fully saturated rings. The number of anilines is 2. The summed E-state index contributed by atoms with van der Waals surface area (Å²) in [6.45, 7) is 14.1. The van der Waals surface area contributed by atoms with E-state index in [1.165, 1.54) is 18.4 Å². The molecule has 0 aliphatic carbocycles. The summed E-state index contributed by atoms with van der Waals surface area (Å²) in [5.74, 6) is 1.91. The van der Waals surface area contributed by atoms with Crippen molar-refractivity contribution in [2.24, 2.45) is 11.8 Å². The van der Waals surface area contributed by atoms with Gasteiger partial charge in [0.15, 0.2) is 5.82 Å². The van der Waals surface area contributed by atoms with Gasteiger partial charge in [0.2, 0.25) is 0 Å². The SMILES string of the molecule is CC1CC[C@@H](C)CN(c2cc(-c3ccccc3O)nnc2N)C1.Cc1cc(CN2CCNCC2)ccn1. The van der Waals surface area contributed by atoms with Gasteiger partial charge in [0.25, 0.3) is 0 Å². The molecule has 8 nitrogen and oxygen atoms in total. The second-order valence-electron chi connectivity index (χ2n) is 10.5. The van der Waals surface area contributed by atoms with Crippen LogP contribution in [0.4, 0.5) is 11.5 Å². The average molecular weight is 504 g/mol. The molecule has 8 heteroatoms. The molecule has 2 saturated heterocycles. The molecule has 0 amide bonds. The van der Waals surface area contributed by atoms with Gasteiger partial charge in [0.05, 0.1) is 11.4 Å². The Bertz CT molecular complexity index is 1140. The van der Waals surface area contributed by atoms with Crippen molar-refractivity contribution in [1.29, 1.82) is 0 Å². The Morgan fingerprint density at radius 3 is 2.38 bits per heavy atom. The Balaban J connectivity index is 0.000000195. The highest BCUT2D eigenvalue weighted by atomic mass is 16.3. The fourth-order valence-electron chi connectivity index (χ4n) is 5.07. The lowest BCUT2D eigenvalue weighted by molar-refractivity contribution is 0.233. The third-order valence-corrected chi connectivity index (χ3v) is 7.12. The number of hydrogen-bond donors (Lipinski definition) is 3. The molecule has 0 bridgehead atoms. The maximum atomic E-state index is 10.1. The van der Waals surface area contributed by atoms with Gasteiger partial charge in [-0.05, 0) is 67.5 Å². The van der Waals surface area contributed by atoms with Crippen molar-refractivity contribution in [3.8, 4) is 17.0 Å². The number of phenolic OH excluding ortho intramolecular Hbond substituents is 1. The van der Waals surface area contributed by atoms with Crippen LogP contribution >= 0.6 is 0 Å². The molecule has 198 valence electrons. The topological polar surface area (TPSA) is 103 Å². The number of aromatic hydroxyl groups is 1. The third-order valence-electron chi connectivity index (χ3n) is 7.12. The Morgan fingerprint density at radius 2 is 1.70 bits per heavy atom. The summed E-state index contributed by atoms with van der Waals surface area (Å²) in [6.07, 6.45) is 4.37. The summed E-state index contributed by atoms with van der Waals surface area (Å²) < 4.78 is 0. The minimum Gasteiger partial charge on any atom is -0.507 e. The number of aryl methyl sites for hydroxylation is 1. The molecule has 2 aliphatic rings. The number of pyridine rings is 1. The van der Waals surface area contributed by atoms with Crippen LogP contribution in [0.15, 0.2) is 48.7 Å². The maximum absolute atomic E-state index is 10.1. The van der Waals surface area contributed by atoms with E-state index in [1.54, 1.807) is 12.1 Å². The summed E-state index contributed by atoms with van der Waals surface area (Å²) in [5.41, 5.74) is 10.8. The fraction of sp³-hybridized carbons (Fsp3) is 0.483. The second kappa shape index (κ2) is 12.8. The number of rotatable bonds is 4. The van der Waals surface area contributed by atoms with E-state index in [0.29, 0.717) is 28.9 Å². The van der Waals surface area contributed by atoms with Gasteiger partial charge in [-0.2, -0.15) is 0 Å². The normalized spacial score (nSPS) is 20.6. The van der Waals surface area contributed by atoms with Gasteiger partial charge in [-0.1, -0.05) is 26.0 Å². The van der Waals surface area contributed by atoms with Crippen LogP contribution in [0.25, 0.3) is 11.3 Å². The van der Waals surface area contributed by atoms with E-state index < -0.39 is 0 Å². The van der Waals surface area contributed by atoms with E-state index in [2.05, 4.69) is 56.3 Å². The molecule has 0 spiro atoms. The van der Waals surface area contributed by atoms with Gasteiger partial charge in [-0.3, -0.25) is 9.88 Å². The van der Waals surface area contributed by atoms with Crippen molar-refractivity contribution in [1.82, 2.24) is 25.4 Å². The summed E-state index contributed by atoms with van der Waals surface area (Å²) >= 11 is 0. The lowest BCUT2D eigenvalue weighted by atomic mass is 10.0. The first-order valence-corrected chi connectivity index (χ1v) is 13.4. The van der Waals surface area contributed by atoms with Crippen LogP contribution in [-0.2, 0) is 6.54 Å². The number of aromatic nitrogens is 3. The van der Waals surface area contributed by atoms with Crippen molar-refractivity contribution in [3.05, 3.63) is 59.9 Å². The third kappa shape index (κ3) is 7.63. The molecule has 4 heterocycles. The Kier molecular flexibility index (Phi) is 9.30. The number of benzene rings is 1. The largest absolute Gasteiger partial charge is 0.507 e. The number of nitrogens with two attached hydrogens (primary N) is 1. The van der Waals surface area contributed by atoms with Gasteiger partial charge < -0.3 is 21.1 Å². The maximum Gasteiger partial charge on any atom is 0.169 e. The quantitative estimate of drug-likeness (QED) is 0.489. The Labute approximate surface area is 220 Å². The molecule has 0 radical (unpaired) electrons. The first-order valence-electron chi connectivity index (χ1n) is 13.4. The molecule has 5 rings (SSSR count). The van der Waals surface area contributed by atoms with Crippen LogP contribution in [-0.4, -0.2) is 64.5 Å². The van der Waals surface area contributed by atoms with Crippen LogP contribution in [0, 0.1) is 18.8 Å². The number of nitrogens with zero attached hydrogens (tertiary/aromatic N) is 5. The monoisotopic (exact) mass is 503 g/mol. The summed E-state index contributed by atoms with van der Waals surface area (Å²) in [6, 6.07) is 13.4. The fourth-order valence-corrected chi connectivity index (χ4v) is 5.07. The highest BCUT2D eigenvalue weighted by Gasteiger charge is 2.22.